The van der Waals surface area contributed by atoms with E-state index in [0.717, 1.165) is 16.3 Å². The van der Waals surface area contributed by atoms with Crippen LogP contribution >= 0.6 is 0 Å². The van der Waals surface area contributed by atoms with Crippen molar-refractivity contribution in [2.75, 3.05) is 0 Å². The topological polar surface area (TPSA) is 72.5 Å². The molecule has 3 N–H and O–H groups in total. The molecule has 0 aliphatic rings. The van der Waals surface area contributed by atoms with E-state index in [1.807, 2.05) is 43.3 Å². The molecular weight excluding hydrogens is 254 g/mol. The SMILES string of the molecule is CC(N)Cc1c(OC(C)C(=O)O)ccc2ccccc12. The van der Waals surface area contributed by atoms with Crippen LogP contribution in [0.1, 0.15) is 19.4 Å². The van der Waals surface area contributed by atoms with Gasteiger partial charge in [-0.15, -0.1) is 0 Å². The number of carbonyl (C=O) groups is 1. The molecule has 0 saturated heterocycles. The fourth-order valence-corrected chi connectivity index (χ4v) is 2.20. The maximum absolute atomic E-state index is 11.0. The number of aliphatic carboxylic acids is 1. The number of nitrogens with two attached hydrogens (primary N) is 1. The molecule has 0 aliphatic carbocycles. The van der Waals surface area contributed by atoms with Crippen LogP contribution in [0, 0.1) is 0 Å². The van der Waals surface area contributed by atoms with Crippen molar-refractivity contribution in [1.82, 2.24) is 0 Å². The van der Waals surface area contributed by atoms with Crippen molar-refractivity contribution < 1.29 is 14.6 Å². The van der Waals surface area contributed by atoms with E-state index >= 15 is 0 Å². The molecule has 0 heterocycles. The minimum Gasteiger partial charge on any atom is -0.479 e. The quantitative estimate of drug-likeness (QED) is 0.878. The third-order valence-corrected chi connectivity index (χ3v) is 3.18. The van der Waals surface area contributed by atoms with Gasteiger partial charge in [-0.3, -0.25) is 0 Å². The third-order valence-electron chi connectivity index (χ3n) is 3.18. The lowest BCUT2D eigenvalue weighted by Crippen LogP contribution is -2.24. The fourth-order valence-electron chi connectivity index (χ4n) is 2.20. The molecular formula is C16H19NO3. The number of fused-ring (bicyclic) bond motifs is 1. The molecule has 0 aliphatic heterocycles. The molecule has 2 rings (SSSR count). The second kappa shape index (κ2) is 5.92. The molecule has 4 heteroatoms. The number of ether oxygens (including phenoxy) is 1. The molecule has 20 heavy (non-hydrogen) atoms. The zero-order valence-corrected chi connectivity index (χ0v) is 11.7. The Morgan fingerprint density at radius 3 is 2.60 bits per heavy atom. The molecule has 0 spiro atoms. The van der Waals surface area contributed by atoms with E-state index < -0.39 is 12.1 Å². The van der Waals surface area contributed by atoms with Crippen molar-refractivity contribution in [3.05, 3.63) is 42.0 Å². The summed E-state index contributed by atoms with van der Waals surface area (Å²) >= 11 is 0. The number of benzene rings is 2. The van der Waals surface area contributed by atoms with Gasteiger partial charge in [-0.25, -0.2) is 4.79 Å². The third kappa shape index (κ3) is 3.08. The summed E-state index contributed by atoms with van der Waals surface area (Å²) in [4.78, 5) is 11.0. The first kappa shape index (κ1) is 14.3. The molecule has 2 unspecified atom stereocenters. The van der Waals surface area contributed by atoms with Gasteiger partial charge >= 0.3 is 5.97 Å². The highest BCUT2D eigenvalue weighted by Crippen LogP contribution is 2.29. The van der Waals surface area contributed by atoms with Crippen molar-refractivity contribution >= 4 is 16.7 Å². The van der Waals surface area contributed by atoms with E-state index in [-0.39, 0.29) is 6.04 Å². The van der Waals surface area contributed by atoms with Crippen molar-refractivity contribution in [2.24, 2.45) is 5.73 Å². The van der Waals surface area contributed by atoms with E-state index in [9.17, 15) is 4.79 Å². The average molecular weight is 273 g/mol. The predicted octanol–water partition coefficient (Wildman–Crippen LogP) is 2.58. The van der Waals surface area contributed by atoms with Gasteiger partial charge in [0.05, 0.1) is 0 Å². The zero-order valence-electron chi connectivity index (χ0n) is 11.7. The summed E-state index contributed by atoms with van der Waals surface area (Å²) in [6.07, 6.45) is -0.244. The van der Waals surface area contributed by atoms with Gasteiger partial charge in [0.15, 0.2) is 6.10 Å². The Morgan fingerprint density at radius 1 is 1.25 bits per heavy atom. The lowest BCUT2D eigenvalue weighted by Gasteiger charge is -2.17. The number of carboxylic acids is 1. The number of carboxylic acid groups (broad SMARTS) is 1. The lowest BCUT2D eigenvalue weighted by molar-refractivity contribution is -0.144. The van der Waals surface area contributed by atoms with Gasteiger partial charge < -0.3 is 15.6 Å². The Labute approximate surface area is 118 Å². The van der Waals surface area contributed by atoms with Crippen LogP contribution in [0.3, 0.4) is 0 Å². The largest absolute Gasteiger partial charge is 0.479 e. The number of rotatable bonds is 5. The molecule has 0 radical (unpaired) electrons. The highest BCUT2D eigenvalue weighted by atomic mass is 16.5. The molecule has 4 nitrogen and oxygen atoms in total. The molecule has 0 bridgehead atoms. The highest BCUT2D eigenvalue weighted by molar-refractivity contribution is 5.88. The van der Waals surface area contributed by atoms with Gasteiger partial charge in [0.25, 0.3) is 0 Å². The summed E-state index contributed by atoms with van der Waals surface area (Å²) in [5.41, 5.74) is 6.87. The van der Waals surface area contributed by atoms with Crippen LogP contribution in [-0.2, 0) is 11.2 Å². The summed E-state index contributed by atoms with van der Waals surface area (Å²) < 4.78 is 5.56. The van der Waals surface area contributed by atoms with Crippen LogP contribution in [0.25, 0.3) is 10.8 Å². The van der Waals surface area contributed by atoms with Crippen LogP contribution < -0.4 is 10.5 Å². The first-order valence-electron chi connectivity index (χ1n) is 6.64. The molecule has 2 aromatic carbocycles. The van der Waals surface area contributed by atoms with E-state index in [1.54, 1.807) is 0 Å². The average Bonchev–Trinajstić information content (AvgIpc) is 2.40. The lowest BCUT2D eigenvalue weighted by atomic mass is 9.98. The van der Waals surface area contributed by atoms with Gasteiger partial charge in [0.2, 0.25) is 0 Å². The van der Waals surface area contributed by atoms with Crippen molar-refractivity contribution in [1.29, 1.82) is 0 Å². The second-order valence-corrected chi connectivity index (χ2v) is 5.04. The van der Waals surface area contributed by atoms with Gasteiger partial charge in [-0.1, -0.05) is 30.3 Å². The normalized spacial score (nSPS) is 13.9. The maximum Gasteiger partial charge on any atom is 0.344 e. The predicted molar refractivity (Wildman–Crippen MR) is 79.0 cm³/mol. The van der Waals surface area contributed by atoms with Gasteiger partial charge in [-0.2, -0.15) is 0 Å². The number of hydrogen-bond donors (Lipinski definition) is 2. The van der Waals surface area contributed by atoms with Crippen molar-refractivity contribution in [2.45, 2.75) is 32.4 Å². The van der Waals surface area contributed by atoms with Gasteiger partial charge in [-0.05, 0) is 37.1 Å². The van der Waals surface area contributed by atoms with Crippen LogP contribution in [0.15, 0.2) is 36.4 Å². The van der Waals surface area contributed by atoms with E-state index in [2.05, 4.69) is 0 Å². The van der Waals surface area contributed by atoms with E-state index in [0.29, 0.717) is 12.2 Å². The molecule has 0 fully saturated rings. The molecule has 0 amide bonds. The Morgan fingerprint density at radius 2 is 1.95 bits per heavy atom. The Bertz CT molecular complexity index is 622. The first-order valence-corrected chi connectivity index (χ1v) is 6.64. The Hall–Kier alpha value is -2.07. The minimum atomic E-state index is -0.982. The minimum absolute atomic E-state index is 0.0247. The summed E-state index contributed by atoms with van der Waals surface area (Å²) in [5.74, 6) is -0.388. The second-order valence-electron chi connectivity index (χ2n) is 5.04. The highest BCUT2D eigenvalue weighted by Gasteiger charge is 2.17. The monoisotopic (exact) mass is 273 g/mol. The van der Waals surface area contributed by atoms with Gasteiger partial charge in [0, 0.05) is 11.6 Å². The zero-order chi connectivity index (χ0) is 14.7. The van der Waals surface area contributed by atoms with Crippen LogP contribution in [-0.4, -0.2) is 23.2 Å². The Balaban J connectivity index is 2.49. The smallest absolute Gasteiger partial charge is 0.344 e. The summed E-state index contributed by atoms with van der Waals surface area (Å²) in [6.45, 7) is 3.44. The maximum atomic E-state index is 11.0. The summed E-state index contributed by atoms with van der Waals surface area (Å²) in [7, 11) is 0. The van der Waals surface area contributed by atoms with Gasteiger partial charge in [0.1, 0.15) is 5.75 Å². The van der Waals surface area contributed by atoms with Crippen molar-refractivity contribution in [3.8, 4) is 5.75 Å². The van der Waals surface area contributed by atoms with Crippen LogP contribution in [0.2, 0.25) is 0 Å². The number of hydrogen-bond acceptors (Lipinski definition) is 3. The fraction of sp³-hybridized carbons (Fsp3) is 0.312. The standard InChI is InChI=1S/C16H19NO3/c1-10(17)9-14-13-6-4-3-5-12(13)7-8-15(14)20-11(2)16(18)19/h3-8,10-11H,9,17H2,1-2H3,(H,18,19). The molecule has 2 atom stereocenters. The van der Waals surface area contributed by atoms with Crippen LogP contribution in [0.5, 0.6) is 5.75 Å². The first-order chi connectivity index (χ1) is 9.49. The summed E-state index contributed by atoms with van der Waals surface area (Å²) in [5, 5.41) is 11.1. The molecule has 2 aromatic rings. The van der Waals surface area contributed by atoms with E-state index in [1.165, 1.54) is 6.92 Å². The van der Waals surface area contributed by atoms with Crippen molar-refractivity contribution in [3.63, 3.8) is 0 Å². The molecule has 0 saturated carbocycles. The van der Waals surface area contributed by atoms with Crippen LogP contribution in [0.4, 0.5) is 0 Å². The molecule has 0 aromatic heterocycles. The summed E-state index contributed by atoms with van der Waals surface area (Å²) in [6, 6.07) is 11.7. The molecule has 106 valence electrons. The van der Waals surface area contributed by atoms with E-state index in [4.69, 9.17) is 15.6 Å². The Kier molecular flexibility index (Phi) is 4.25.